The van der Waals surface area contributed by atoms with Gasteiger partial charge in [-0.15, -0.1) is 0 Å². The third-order valence-electron chi connectivity index (χ3n) is 5.43. The number of benzene rings is 1. The predicted molar refractivity (Wildman–Crippen MR) is 112 cm³/mol. The minimum Gasteiger partial charge on any atom is -0.497 e. The Morgan fingerprint density at radius 3 is 2.38 bits per heavy atom. The first-order valence-electron chi connectivity index (χ1n) is 9.61. The average Bonchev–Trinajstić information content (AvgIpc) is 3.14. The molecule has 0 aliphatic carbocycles. The zero-order valence-corrected chi connectivity index (χ0v) is 18.3. The van der Waals surface area contributed by atoms with Crippen LogP contribution in [-0.4, -0.2) is 76.8 Å². The second-order valence-electron chi connectivity index (χ2n) is 7.27. The molecule has 1 aromatic heterocycles. The van der Waals surface area contributed by atoms with Gasteiger partial charge in [0.05, 0.1) is 20.3 Å². The van der Waals surface area contributed by atoms with E-state index in [1.807, 2.05) is 29.9 Å². The zero-order chi connectivity index (χ0) is 21.0. The normalized spacial score (nSPS) is 17.2. The number of ether oxygens (including phenoxy) is 2. The number of sulfonamides is 1. The predicted octanol–water partition coefficient (Wildman–Crippen LogP) is 1.31. The first kappa shape index (κ1) is 21.6. The van der Waals surface area contributed by atoms with Crippen molar-refractivity contribution in [1.29, 1.82) is 0 Å². The number of methoxy groups -OCH3 is 2. The second-order valence-corrected chi connectivity index (χ2v) is 9.00. The summed E-state index contributed by atoms with van der Waals surface area (Å²) in [7, 11) is 3.26. The molecule has 1 saturated heterocycles. The topological polar surface area (TPSA) is 76.0 Å². The van der Waals surface area contributed by atoms with Gasteiger partial charge in [-0.25, -0.2) is 13.1 Å². The Morgan fingerprint density at radius 1 is 1.07 bits per heavy atom. The van der Waals surface area contributed by atoms with E-state index in [-0.39, 0.29) is 23.2 Å². The minimum absolute atomic E-state index is 0.0601. The summed E-state index contributed by atoms with van der Waals surface area (Å²) in [5, 5.41) is 0. The van der Waals surface area contributed by atoms with Gasteiger partial charge in [0.25, 0.3) is 0 Å². The molecule has 160 valence electrons. The molecule has 1 aliphatic heterocycles. The number of nitrogens with zero attached hydrogens (tertiary/aromatic N) is 3. The molecular weight excluding hydrogens is 392 g/mol. The number of aryl methyl sites for hydroxylation is 1. The van der Waals surface area contributed by atoms with Gasteiger partial charge in [-0.1, -0.05) is 0 Å². The summed E-state index contributed by atoms with van der Waals surface area (Å²) in [6, 6.07) is 8.72. The first-order chi connectivity index (χ1) is 13.9. The summed E-state index contributed by atoms with van der Waals surface area (Å²) in [5.41, 5.74) is 1.08. The fourth-order valence-electron chi connectivity index (χ4n) is 3.64. The van der Waals surface area contributed by atoms with Crippen molar-refractivity contribution in [3.05, 3.63) is 42.2 Å². The number of hydrogen-bond acceptors (Lipinski definition) is 6. The Kier molecular flexibility index (Phi) is 6.84. The van der Waals surface area contributed by atoms with Crippen molar-refractivity contribution in [3.8, 4) is 11.5 Å². The smallest absolute Gasteiger partial charge is 0.244 e. The Hall–Kier alpha value is -2.07. The van der Waals surface area contributed by atoms with Crippen LogP contribution in [-0.2, 0) is 17.1 Å². The van der Waals surface area contributed by atoms with E-state index in [2.05, 4.69) is 21.6 Å². The Bertz CT molecular complexity index is 920. The molecule has 0 unspecified atom stereocenters. The van der Waals surface area contributed by atoms with Crippen molar-refractivity contribution in [2.75, 3.05) is 54.0 Å². The summed E-state index contributed by atoms with van der Waals surface area (Å²) in [4.78, 5) is 4.69. The summed E-state index contributed by atoms with van der Waals surface area (Å²) in [6.07, 6.45) is 1.98. The standard InChI is InChI=1S/C20H30N4O4S/c1-22-10-12-24(13-11-22)18(17-6-5-9-23(17)2)15-21-29(25,26)20-14-16(27-3)7-8-19(20)28-4/h5-9,14,18,21H,10-13,15H2,1-4H3/t18-/m0/s1. The van der Waals surface area contributed by atoms with Crippen molar-refractivity contribution >= 4 is 10.0 Å². The van der Waals surface area contributed by atoms with Gasteiger partial charge in [-0.3, -0.25) is 4.90 Å². The van der Waals surface area contributed by atoms with Crippen LogP contribution in [0.1, 0.15) is 11.7 Å². The van der Waals surface area contributed by atoms with Crippen LogP contribution in [0.3, 0.4) is 0 Å². The van der Waals surface area contributed by atoms with Crippen molar-refractivity contribution in [2.45, 2.75) is 10.9 Å². The van der Waals surface area contributed by atoms with Gasteiger partial charge < -0.3 is 18.9 Å². The lowest BCUT2D eigenvalue weighted by molar-refractivity contribution is 0.109. The third kappa shape index (κ3) is 4.92. The number of aromatic nitrogens is 1. The molecule has 9 heteroatoms. The quantitative estimate of drug-likeness (QED) is 0.691. The molecule has 1 aromatic carbocycles. The Balaban J connectivity index is 1.84. The van der Waals surface area contributed by atoms with E-state index in [9.17, 15) is 8.42 Å². The highest BCUT2D eigenvalue weighted by atomic mass is 32.2. The third-order valence-corrected chi connectivity index (χ3v) is 6.88. The lowest BCUT2D eigenvalue weighted by Gasteiger charge is -2.38. The van der Waals surface area contributed by atoms with Crippen molar-refractivity contribution in [3.63, 3.8) is 0 Å². The molecule has 1 aliphatic rings. The molecule has 0 amide bonds. The molecule has 1 atom stereocenters. The lowest BCUT2D eigenvalue weighted by Crippen LogP contribution is -2.48. The maximum absolute atomic E-state index is 13.1. The second kappa shape index (κ2) is 9.17. The van der Waals surface area contributed by atoms with E-state index in [0.29, 0.717) is 5.75 Å². The van der Waals surface area contributed by atoms with Gasteiger partial charge >= 0.3 is 0 Å². The number of hydrogen-bond donors (Lipinski definition) is 1. The van der Waals surface area contributed by atoms with Crippen LogP contribution >= 0.6 is 0 Å². The van der Waals surface area contributed by atoms with Crippen LogP contribution in [0.2, 0.25) is 0 Å². The van der Waals surface area contributed by atoms with E-state index in [1.54, 1.807) is 12.1 Å². The van der Waals surface area contributed by atoms with Gasteiger partial charge in [0.1, 0.15) is 16.4 Å². The molecule has 0 bridgehead atoms. The summed E-state index contributed by atoms with van der Waals surface area (Å²) < 4.78 is 41.5. The van der Waals surface area contributed by atoms with Crippen LogP contribution in [0.5, 0.6) is 11.5 Å². The van der Waals surface area contributed by atoms with Gasteiger partial charge in [-0.05, 0) is 31.3 Å². The zero-order valence-electron chi connectivity index (χ0n) is 17.5. The number of nitrogens with one attached hydrogen (secondary N) is 1. The molecular formula is C20H30N4O4S. The van der Waals surface area contributed by atoms with Crippen LogP contribution in [0.15, 0.2) is 41.4 Å². The van der Waals surface area contributed by atoms with E-state index >= 15 is 0 Å². The molecule has 2 aromatic rings. The Morgan fingerprint density at radius 2 is 1.79 bits per heavy atom. The molecule has 29 heavy (non-hydrogen) atoms. The SMILES string of the molecule is COc1ccc(OC)c(S(=O)(=O)NC[C@@H](c2cccn2C)N2CCN(C)CC2)c1. The maximum Gasteiger partial charge on any atom is 0.244 e. The number of rotatable bonds is 8. The summed E-state index contributed by atoms with van der Waals surface area (Å²) >= 11 is 0. The molecule has 8 nitrogen and oxygen atoms in total. The first-order valence-corrected chi connectivity index (χ1v) is 11.1. The fraction of sp³-hybridized carbons (Fsp3) is 0.500. The molecule has 0 spiro atoms. The van der Waals surface area contributed by atoms with Crippen molar-refractivity contribution in [2.24, 2.45) is 7.05 Å². The highest BCUT2D eigenvalue weighted by Crippen LogP contribution is 2.29. The van der Waals surface area contributed by atoms with Gasteiger partial charge in [0.2, 0.25) is 10.0 Å². The molecule has 1 fully saturated rings. The van der Waals surface area contributed by atoms with E-state index < -0.39 is 10.0 Å². The minimum atomic E-state index is -3.79. The summed E-state index contributed by atoms with van der Waals surface area (Å²) in [5.74, 6) is 0.748. The van der Waals surface area contributed by atoms with E-state index in [1.165, 1.54) is 20.3 Å². The molecule has 0 radical (unpaired) electrons. The molecule has 0 saturated carbocycles. The van der Waals surface area contributed by atoms with Crippen LogP contribution in [0, 0.1) is 0 Å². The number of likely N-dealkylation sites (N-methyl/N-ethyl adjacent to an activating group) is 1. The van der Waals surface area contributed by atoms with Gasteiger partial charge in [-0.2, -0.15) is 0 Å². The highest BCUT2D eigenvalue weighted by Gasteiger charge is 2.28. The average molecular weight is 423 g/mol. The van der Waals surface area contributed by atoms with Crippen LogP contribution in [0.25, 0.3) is 0 Å². The highest BCUT2D eigenvalue weighted by molar-refractivity contribution is 7.89. The van der Waals surface area contributed by atoms with Gasteiger partial charge in [0.15, 0.2) is 0 Å². The van der Waals surface area contributed by atoms with E-state index in [0.717, 1.165) is 31.9 Å². The summed E-state index contributed by atoms with van der Waals surface area (Å²) in [6.45, 7) is 3.95. The van der Waals surface area contributed by atoms with E-state index in [4.69, 9.17) is 9.47 Å². The van der Waals surface area contributed by atoms with Crippen molar-refractivity contribution in [1.82, 2.24) is 19.1 Å². The largest absolute Gasteiger partial charge is 0.497 e. The fourth-order valence-corrected chi connectivity index (χ4v) is 4.86. The molecule has 3 rings (SSSR count). The lowest BCUT2D eigenvalue weighted by atomic mass is 10.1. The van der Waals surface area contributed by atoms with Crippen molar-refractivity contribution < 1.29 is 17.9 Å². The monoisotopic (exact) mass is 422 g/mol. The maximum atomic E-state index is 13.1. The van der Waals surface area contributed by atoms with Crippen LogP contribution < -0.4 is 14.2 Å². The van der Waals surface area contributed by atoms with Gasteiger partial charge in [0, 0.05) is 57.7 Å². The molecule has 1 N–H and O–H groups in total. The Labute approximate surface area is 173 Å². The van der Waals surface area contributed by atoms with Crippen LogP contribution in [0.4, 0.5) is 0 Å². The molecule has 2 heterocycles. The number of piperazine rings is 1.